The molecule has 0 N–H and O–H groups in total. The molecule has 0 aromatic heterocycles. The first-order valence-electron chi connectivity index (χ1n) is 11.2. The van der Waals surface area contributed by atoms with E-state index in [1.54, 1.807) is 0 Å². The summed E-state index contributed by atoms with van der Waals surface area (Å²) in [7, 11) is 0. The molecule has 0 amide bonds. The van der Waals surface area contributed by atoms with Gasteiger partial charge in [-0.25, -0.2) is 0 Å². The highest BCUT2D eigenvalue weighted by atomic mass is 16.7. The van der Waals surface area contributed by atoms with Crippen LogP contribution >= 0.6 is 0 Å². The van der Waals surface area contributed by atoms with Crippen LogP contribution < -0.4 is 0 Å². The smallest absolute Gasteiger partial charge is 0.157 e. The molecule has 0 unspecified atom stereocenters. The number of ether oxygens (including phenoxy) is 3. The fraction of sp³-hybridized carbons (Fsp3) is 1.00. The van der Waals surface area contributed by atoms with Crippen molar-refractivity contribution < 1.29 is 14.2 Å². The molecule has 0 saturated heterocycles. The SMILES string of the molecule is CCCCCCCCCOCCCCCCCCC(OCC)OCC. The van der Waals surface area contributed by atoms with Crippen LogP contribution in [-0.4, -0.2) is 32.7 Å². The maximum atomic E-state index is 5.74. The van der Waals surface area contributed by atoms with Gasteiger partial charge in [0.15, 0.2) is 6.29 Å². The van der Waals surface area contributed by atoms with Gasteiger partial charge < -0.3 is 14.2 Å². The van der Waals surface area contributed by atoms with Crippen LogP contribution in [0, 0.1) is 0 Å². The molecular formula is C22H46O3. The Morgan fingerprint density at radius 1 is 0.520 bits per heavy atom. The predicted molar refractivity (Wildman–Crippen MR) is 108 cm³/mol. The van der Waals surface area contributed by atoms with Crippen LogP contribution in [0.1, 0.15) is 111 Å². The summed E-state index contributed by atoms with van der Waals surface area (Å²) in [6.07, 6.45) is 18.2. The van der Waals surface area contributed by atoms with E-state index in [-0.39, 0.29) is 6.29 Å². The number of rotatable bonds is 21. The molecule has 3 heteroatoms. The largest absolute Gasteiger partial charge is 0.381 e. The average molecular weight is 359 g/mol. The molecule has 0 saturated carbocycles. The van der Waals surface area contributed by atoms with Crippen molar-refractivity contribution in [3.05, 3.63) is 0 Å². The van der Waals surface area contributed by atoms with Crippen LogP contribution in [-0.2, 0) is 14.2 Å². The molecule has 0 atom stereocenters. The standard InChI is InChI=1S/C22H46O3/c1-4-7-8-9-11-14-17-20-23-21-18-15-12-10-13-16-19-22(24-5-2)25-6-3/h22H,4-21H2,1-3H3. The highest BCUT2D eigenvalue weighted by Crippen LogP contribution is 2.12. The van der Waals surface area contributed by atoms with E-state index in [0.717, 1.165) is 32.8 Å². The normalized spacial score (nSPS) is 11.5. The molecular weight excluding hydrogens is 312 g/mol. The monoisotopic (exact) mass is 358 g/mol. The van der Waals surface area contributed by atoms with Gasteiger partial charge in [0.25, 0.3) is 0 Å². The van der Waals surface area contributed by atoms with Crippen molar-refractivity contribution in [3.63, 3.8) is 0 Å². The summed E-state index contributed by atoms with van der Waals surface area (Å²) in [6, 6.07) is 0. The minimum atomic E-state index is 0.00930. The van der Waals surface area contributed by atoms with Gasteiger partial charge >= 0.3 is 0 Å². The zero-order chi connectivity index (χ0) is 18.4. The van der Waals surface area contributed by atoms with E-state index < -0.39 is 0 Å². The van der Waals surface area contributed by atoms with Crippen LogP contribution in [0.25, 0.3) is 0 Å². The first-order valence-corrected chi connectivity index (χ1v) is 11.2. The molecule has 0 aliphatic carbocycles. The molecule has 0 aliphatic heterocycles. The average Bonchev–Trinajstić information content (AvgIpc) is 2.61. The lowest BCUT2D eigenvalue weighted by Crippen LogP contribution is -2.17. The van der Waals surface area contributed by atoms with Crippen molar-refractivity contribution in [3.8, 4) is 0 Å². The second kappa shape index (κ2) is 21.9. The van der Waals surface area contributed by atoms with Gasteiger partial charge in [-0.15, -0.1) is 0 Å². The van der Waals surface area contributed by atoms with E-state index in [1.807, 2.05) is 13.8 Å². The topological polar surface area (TPSA) is 27.7 Å². The second-order valence-electron chi connectivity index (χ2n) is 6.98. The van der Waals surface area contributed by atoms with Crippen molar-refractivity contribution in [2.24, 2.45) is 0 Å². The van der Waals surface area contributed by atoms with Crippen LogP contribution in [0.2, 0.25) is 0 Å². The fourth-order valence-corrected chi connectivity index (χ4v) is 3.07. The summed E-state index contributed by atoms with van der Waals surface area (Å²) in [5.41, 5.74) is 0. The maximum Gasteiger partial charge on any atom is 0.157 e. The van der Waals surface area contributed by atoms with E-state index in [2.05, 4.69) is 6.92 Å². The van der Waals surface area contributed by atoms with Crippen molar-refractivity contribution in [1.29, 1.82) is 0 Å². The summed E-state index contributed by atoms with van der Waals surface area (Å²) in [6.45, 7) is 9.72. The molecule has 152 valence electrons. The molecule has 0 bridgehead atoms. The van der Waals surface area contributed by atoms with Crippen LogP contribution in [0.4, 0.5) is 0 Å². The Kier molecular flexibility index (Phi) is 21.8. The van der Waals surface area contributed by atoms with Gasteiger partial charge in [-0.1, -0.05) is 71.1 Å². The van der Waals surface area contributed by atoms with E-state index in [4.69, 9.17) is 14.2 Å². The van der Waals surface area contributed by atoms with Gasteiger partial charge in [-0.2, -0.15) is 0 Å². The summed E-state index contributed by atoms with van der Waals surface area (Å²) in [5.74, 6) is 0. The molecule has 25 heavy (non-hydrogen) atoms. The molecule has 0 rings (SSSR count). The van der Waals surface area contributed by atoms with Gasteiger partial charge in [-0.3, -0.25) is 0 Å². The summed E-state index contributed by atoms with van der Waals surface area (Å²) in [4.78, 5) is 0. The second-order valence-corrected chi connectivity index (χ2v) is 6.98. The Hall–Kier alpha value is -0.120. The van der Waals surface area contributed by atoms with Gasteiger partial charge in [0.2, 0.25) is 0 Å². The first kappa shape index (κ1) is 24.9. The predicted octanol–water partition coefficient (Wildman–Crippen LogP) is 6.88. The van der Waals surface area contributed by atoms with Crippen LogP contribution in [0.15, 0.2) is 0 Å². The molecule has 0 radical (unpaired) electrons. The van der Waals surface area contributed by atoms with Crippen LogP contribution in [0.5, 0.6) is 0 Å². The minimum absolute atomic E-state index is 0.00930. The van der Waals surface area contributed by atoms with Crippen LogP contribution in [0.3, 0.4) is 0 Å². The lowest BCUT2D eigenvalue weighted by Gasteiger charge is -2.16. The molecule has 0 fully saturated rings. The molecule has 0 aliphatic rings. The molecule has 0 aromatic carbocycles. The summed E-state index contributed by atoms with van der Waals surface area (Å²) < 4.78 is 16.9. The molecule has 0 aromatic rings. The summed E-state index contributed by atoms with van der Waals surface area (Å²) >= 11 is 0. The van der Waals surface area contributed by atoms with Gasteiger partial charge in [0.1, 0.15) is 0 Å². The Bertz CT molecular complexity index is 227. The van der Waals surface area contributed by atoms with E-state index in [0.29, 0.717) is 0 Å². The zero-order valence-corrected chi connectivity index (χ0v) is 17.5. The lowest BCUT2D eigenvalue weighted by molar-refractivity contribution is -0.140. The van der Waals surface area contributed by atoms with E-state index in [1.165, 1.54) is 83.5 Å². The number of unbranched alkanes of at least 4 members (excludes halogenated alkanes) is 11. The van der Waals surface area contributed by atoms with Crippen molar-refractivity contribution in [1.82, 2.24) is 0 Å². The molecule has 0 heterocycles. The lowest BCUT2D eigenvalue weighted by atomic mass is 10.1. The first-order chi connectivity index (χ1) is 12.3. The highest BCUT2D eigenvalue weighted by Gasteiger charge is 2.06. The Labute approximate surface area is 158 Å². The highest BCUT2D eigenvalue weighted by molar-refractivity contribution is 4.50. The third-order valence-electron chi connectivity index (χ3n) is 4.58. The number of hydrogen-bond donors (Lipinski definition) is 0. The third-order valence-corrected chi connectivity index (χ3v) is 4.58. The van der Waals surface area contributed by atoms with Crippen molar-refractivity contribution >= 4 is 0 Å². The van der Waals surface area contributed by atoms with Crippen molar-refractivity contribution in [2.45, 2.75) is 117 Å². The molecule has 0 spiro atoms. The summed E-state index contributed by atoms with van der Waals surface area (Å²) in [5, 5.41) is 0. The fourth-order valence-electron chi connectivity index (χ4n) is 3.07. The maximum absolute atomic E-state index is 5.74. The van der Waals surface area contributed by atoms with Gasteiger partial charge in [0, 0.05) is 26.4 Å². The third kappa shape index (κ3) is 20.0. The van der Waals surface area contributed by atoms with Gasteiger partial charge in [-0.05, 0) is 39.5 Å². The minimum Gasteiger partial charge on any atom is -0.381 e. The van der Waals surface area contributed by atoms with Crippen molar-refractivity contribution in [2.75, 3.05) is 26.4 Å². The van der Waals surface area contributed by atoms with E-state index in [9.17, 15) is 0 Å². The number of hydrogen-bond acceptors (Lipinski definition) is 3. The Morgan fingerprint density at radius 2 is 0.960 bits per heavy atom. The Morgan fingerprint density at radius 3 is 1.44 bits per heavy atom. The Balaban J connectivity index is 3.13. The van der Waals surface area contributed by atoms with E-state index >= 15 is 0 Å². The zero-order valence-electron chi connectivity index (χ0n) is 17.5. The quantitative estimate of drug-likeness (QED) is 0.165. The van der Waals surface area contributed by atoms with Gasteiger partial charge in [0.05, 0.1) is 0 Å². The molecule has 3 nitrogen and oxygen atoms in total.